The van der Waals surface area contributed by atoms with Gasteiger partial charge >= 0.3 is 5.97 Å². The molecule has 0 aliphatic heterocycles. The summed E-state index contributed by atoms with van der Waals surface area (Å²) in [6, 6.07) is 11.2. The summed E-state index contributed by atoms with van der Waals surface area (Å²) >= 11 is 0. The van der Waals surface area contributed by atoms with E-state index in [2.05, 4.69) is 0 Å². The van der Waals surface area contributed by atoms with E-state index in [1.54, 1.807) is 32.0 Å². The van der Waals surface area contributed by atoms with Gasteiger partial charge in [-0.3, -0.25) is 9.36 Å². The van der Waals surface area contributed by atoms with Crippen molar-refractivity contribution < 1.29 is 23.4 Å². The molecule has 0 fully saturated rings. The number of ether oxygens (including phenoxy) is 1. The number of aryl methyl sites for hydroxylation is 2. The number of benzene rings is 2. The van der Waals surface area contributed by atoms with Crippen molar-refractivity contribution in [3.8, 4) is 11.4 Å². The molecule has 0 aliphatic carbocycles. The smallest absolute Gasteiger partial charge is 0.335 e. The van der Waals surface area contributed by atoms with Gasteiger partial charge in [-0.1, -0.05) is 12.1 Å². The van der Waals surface area contributed by atoms with Crippen LogP contribution >= 0.6 is 0 Å². The number of aromatic nitrogens is 1. The summed E-state index contributed by atoms with van der Waals surface area (Å²) in [5.74, 6) is -2.77. The number of aromatic carboxylic acids is 1. The molecule has 5 nitrogen and oxygen atoms in total. The molecule has 0 aliphatic rings. The van der Waals surface area contributed by atoms with Crippen molar-refractivity contribution in [3.63, 3.8) is 0 Å². The minimum atomic E-state index is -1.04. The largest absolute Gasteiger partial charge is 0.489 e. The Kier molecular flexibility index (Phi) is 5.26. The Morgan fingerprint density at radius 2 is 1.86 bits per heavy atom. The number of carbonyl (C=O) groups is 1. The highest BCUT2D eigenvalue weighted by molar-refractivity contribution is 5.89. The number of halogens is 2. The molecule has 0 bridgehead atoms. The normalized spacial score (nSPS) is 10.7. The van der Waals surface area contributed by atoms with E-state index in [0.29, 0.717) is 16.9 Å². The lowest BCUT2D eigenvalue weighted by Crippen LogP contribution is -2.20. The number of hydrogen-bond donors (Lipinski definition) is 1. The van der Waals surface area contributed by atoms with Crippen LogP contribution in [0.1, 0.15) is 27.2 Å². The maximum absolute atomic E-state index is 13.7. The van der Waals surface area contributed by atoms with Crippen LogP contribution in [-0.2, 0) is 6.61 Å². The first kappa shape index (κ1) is 19.3. The third kappa shape index (κ3) is 3.78. The molecule has 0 unspecified atom stereocenters. The summed E-state index contributed by atoms with van der Waals surface area (Å²) in [6.45, 7) is 3.12. The van der Waals surface area contributed by atoms with Crippen LogP contribution in [0.4, 0.5) is 8.78 Å². The van der Waals surface area contributed by atoms with E-state index in [9.17, 15) is 18.4 Å². The van der Waals surface area contributed by atoms with Gasteiger partial charge in [-0.05, 0) is 43.7 Å². The Balaban J connectivity index is 1.89. The zero-order chi connectivity index (χ0) is 20.4. The number of carboxylic acid groups (broad SMARTS) is 1. The molecule has 1 aromatic heterocycles. The van der Waals surface area contributed by atoms with Gasteiger partial charge in [0, 0.05) is 29.1 Å². The zero-order valence-electron chi connectivity index (χ0n) is 15.2. The summed E-state index contributed by atoms with van der Waals surface area (Å²) in [4.78, 5) is 23.7. The van der Waals surface area contributed by atoms with Crippen LogP contribution in [0, 0.1) is 25.5 Å². The molecule has 3 aromatic rings. The molecule has 1 heterocycles. The second-order valence-corrected chi connectivity index (χ2v) is 6.31. The third-order valence-electron chi connectivity index (χ3n) is 4.31. The summed E-state index contributed by atoms with van der Waals surface area (Å²) in [7, 11) is 0. The van der Waals surface area contributed by atoms with Crippen LogP contribution in [0.5, 0.6) is 5.75 Å². The van der Waals surface area contributed by atoms with Gasteiger partial charge in [-0.15, -0.1) is 0 Å². The highest BCUT2D eigenvalue weighted by Gasteiger charge is 2.12. The van der Waals surface area contributed by atoms with Crippen molar-refractivity contribution in [2.75, 3.05) is 0 Å². The summed E-state index contributed by atoms with van der Waals surface area (Å²) < 4.78 is 33.8. The van der Waals surface area contributed by atoms with Gasteiger partial charge in [-0.2, -0.15) is 0 Å². The van der Waals surface area contributed by atoms with E-state index in [4.69, 9.17) is 9.84 Å². The van der Waals surface area contributed by atoms with Gasteiger partial charge in [0.05, 0.1) is 5.56 Å². The van der Waals surface area contributed by atoms with E-state index in [1.165, 1.54) is 28.8 Å². The molecule has 144 valence electrons. The van der Waals surface area contributed by atoms with Gasteiger partial charge in [0.25, 0.3) is 5.56 Å². The average molecular weight is 385 g/mol. The number of pyridine rings is 1. The first-order valence-corrected chi connectivity index (χ1v) is 8.41. The SMILES string of the molecule is Cc1cc(-n2c(C)cc(OCc3cccc(F)c3F)cc2=O)ccc1C(=O)O. The quantitative estimate of drug-likeness (QED) is 0.721. The van der Waals surface area contributed by atoms with E-state index in [0.717, 1.165) is 6.07 Å². The molecular weight excluding hydrogens is 368 g/mol. The first-order valence-electron chi connectivity index (χ1n) is 8.41. The second kappa shape index (κ2) is 7.64. The van der Waals surface area contributed by atoms with Gasteiger partial charge < -0.3 is 9.84 Å². The molecule has 0 spiro atoms. The maximum atomic E-state index is 13.7. The minimum Gasteiger partial charge on any atom is -0.489 e. The molecule has 1 N–H and O–H groups in total. The highest BCUT2D eigenvalue weighted by Crippen LogP contribution is 2.19. The van der Waals surface area contributed by atoms with Crippen molar-refractivity contribution in [3.05, 3.63) is 92.9 Å². The standard InChI is InChI=1S/C21H17F2NO4/c1-12-8-15(6-7-17(12)21(26)27)24-13(2)9-16(10-19(24)25)28-11-14-4-3-5-18(22)20(14)23/h3-10H,11H2,1-2H3,(H,26,27). The fourth-order valence-corrected chi connectivity index (χ4v) is 2.93. The van der Waals surface area contributed by atoms with Gasteiger partial charge in [0.15, 0.2) is 11.6 Å². The minimum absolute atomic E-state index is 0.0433. The second-order valence-electron chi connectivity index (χ2n) is 6.31. The van der Waals surface area contributed by atoms with Crippen molar-refractivity contribution in [1.82, 2.24) is 4.57 Å². The predicted octanol–water partition coefficient (Wildman–Crippen LogP) is 4.01. The number of rotatable bonds is 5. The van der Waals surface area contributed by atoms with Crippen LogP contribution in [0.25, 0.3) is 5.69 Å². The Bertz CT molecular complexity index is 1120. The lowest BCUT2D eigenvalue weighted by Gasteiger charge is -2.14. The van der Waals surface area contributed by atoms with Crippen LogP contribution in [0.2, 0.25) is 0 Å². The molecular formula is C21H17F2NO4. The first-order chi connectivity index (χ1) is 13.3. The number of hydrogen-bond acceptors (Lipinski definition) is 3. The van der Waals surface area contributed by atoms with Crippen molar-refractivity contribution in [1.29, 1.82) is 0 Å². The fourth-order valence-electron chi connectivity index (χ4n) is 2.93. The third-order valence-corrected chi connectivity index (χ3v) is 4.31. The summed E-state index contributed by atoms with van der Waals surface area (Å²) in [5.41, 5.74) is 1.40. The molecule has 0 radical (unpaired) electrons. The topological polar surface area (TPSA) is 68.5 Å². The fraction of sp³-hybridized carbons (Fsp3) is 0.143. The van der Waals surface area contributed by atoms with Gasteiger partial charge in [-0.25, -0.2) is 13.6 Å². The highest BCUT2D eigenvalue weighted by atomic mass is 19.2. The molecule has 0 atom stereocenters. The van der Waals surface area contributed by atoms with Gasteiger partial charge in [0.1, 0.15) is 12.4 Å². The molecule has 28 heavy (non-hydrogen) atoms. The lowest BCUT2D eigenvalue weighted by molar-refractivity contribution is 0.0696. The van der Waals surface area contributed by atoms with E-state index in [-0.39, 0.29) is 23.5 Å². The zero-order valence-corrected chi connectivity index (χ0v) is 15.2. The summed E-state index contributed by atoms with van der Waals surface area (Å²) in [5, 5.41) is 9.13. The Hall–Kier alpha value is -3.48. The average Bonchev–Trinajstić information content (AvgIpc) is 2.62. The van der Waals surface area contributed by atoms with Crippen LogP contribution in [0.3, 0.4) is 0 Å². The molecule has 0 saturated carbocycles. The molecule has 0 amide bonds. The molecule has 7 heteroatoms. The van der Waals surface area contributed by atoms with Crippen molar-refractivity contribution in [2.45, 2.75) is 20.5 Å². The molecule has 3 rings (SSSR count). The van der Waals surface area contributed by atoms with Crippen LogP contribution < -0.4 is 10.3 Å². The lowest BCUT2D eigenvalue weighted by atomic mass is 10.1. The van der Waals surface area contributed by atoms with Crippen LogP contribution in [-0.4, -0.2) is 15.6 Å². The monoisotopic (exact) mass is 385 g/mol. The predicted molar refractivity (Wildman–Crippen MR) is 99.2 cm³/mol. The Morgan fingerprint density at radius 3 is 2.50 bits per heavy atom. The van der Waals surface area contributed by atoms with Gasteiger partial charge in [0.2, 0.25) is 0 Å². The van der Waals surface area contributed by atoms with E-state index < -0.39 is 23.2 Å². The number of carboxylic acids is 1. The summed E-state index contributed by atoms with van der Waals surface area (Å²) in [6.07, 6.45) is 0. The number of nitrogens with zero attached hydrogens (tertiary/aromatic N) is 1. The Labute approximate surface area is 159 Å². The molecule has 0 saturated heterocycles. The van der Waals surface area contributed by atoms with Crippen molar-refractivity contribution >= 4 is 5.97 Å². The van der Waals surface area contributed by atoms with Crippen LogP contribution in [0.15, 0.2) is 53.3 Å². The maximum Gasteiger partial charge on any atom is 0.335 e. The molecule has 2 aromatic carbocycles. The van der Waals surface area contributed by atoms with E-state index >= 15 is 0 Å². The van der Waals surface area contributed by atoms with Crippen molar-refractivity contribution in [2.24, 2.45) is 0 Å². The Morgan fingerprint density at radius 1 is 1.11 bits per heavy atom. The van der Waals surface area contributed by atoms with E-state index in [1.807, 2.05) is 0 Å².